The molecule has 0 radical (unpaired) electrons. The van der Waals surface area contributed by atoms with E-state index in [-0.39, 0.29) is 0 Å². The van der Waals surface area contributed by atoms with E-state index in [1.165, 1.54) is 180 Å². The van der Waals surface area contributed by atoms with Crippen molar-refractivity contribution in [3.63, 3.8) is 0 Å². The van der Waals surface area contributed by atoms with Crippen LogP contribution in [-0.2, 0) is 0 Å². The normalized spacial score (nSPS) is 24.6. The van der Waals surface area contributed by atoms with Crippen LogP contribution in [0.1, 0.15) is 168 Å². The lowest BCUT2D eigenvalue weighted by Gasteiger charge is -2.29. The third-order valence-corrected chi connectivity index (χ3v) is 11.2. The predicted molar refractivity (Wildman–Crippen MR) is 178 cm³/mol. The van der Waals surface area contributed by atoms with Gasteiger partial charge < -0.3 is 4.90 Å². The van der Waals surface area contributed by atoms with Gasteiger partial charge in [0.2, 0.25) is 5.84 Å². The molecule has 2 fully saturated rings. The number of hydrogen-bond donors (Lipinski definition) is 0. The number of hydrogen-bond acceptors (Lipinski definition) is 3. The van der Waals surface area contributed by atoms with E-state index in [9.17, 15) is 0 Å². The first-order chi connectivity index (χ1) is 20.2. The Labute approximate surface area is 255 Å². The molecule has 0 N–H and O–H groups in total. The van der Waals surface area contributed by atoms with Crippen LogP contribution in [0.15, 0.2) is 4.99 Å². The Kier molecular flexibility index (Phi) is 14.9. The molecule has 0 aromatic rings. The molecule has 0 aromatic heterocycles. The van der Waals surface area contributed by atoms with E-state index in [1.54, 1.807) is 5.84 Å². The van der Waals surface area contributed by atoms with E-state index in [4.69, 9.17) is 4.99 Å². The van der Waals surface area contributed by atoms with Gasteiger partial charge in [0.15, 0.2) is 0 Å². The SMILES string of the molecule is CCCCN1C(CCCC2CCCCC2)=[N+](CCCCC2CN=C(CCCC3CCCCC3)N2CCCC)CC1C. The molecule has 2 heterocycles. The Bertz CT molecular complexity index is 776. The van der Waals surface area contributed by atoms with Crippen LogP contribution in [0, 0.1) is 11.8 Å². The van der Waals surface area contributed by atoms with Crippen molar-refractivity contribution in [2.24, 2.45) is 16.8 Å². The topological polar surface area (TPSA) is 21.9 Å². The highest BCUT2D eigenvalue weighted by Crippen LogP contribution is 2.30. The van der Waals surface area contributed by atoms with Gasteiger partial charge in [-0.2, -0.15) is 0 Å². The van der Waals surface area contributed by atoms with Crippen LogP contribution in [0.5, 0.6) is 0 Å². The summed E-state index contributed by atoms with van der Waals surface area (Å²) in [7, 11) is 0. The van der Waals surface area contributed by atoms with E-state index in [0.717, 1.165) is 18.4 Å². The largest absolute Gasteiger partial charge is 0.356 e. The molecule has 4 nitrogen and oxygen atoms in total. The summed E-state index contributed by atoms with van der Waals surface area (Å²) in [4.78, 5) is 10.7. The van der Waals surface area contributed by atoms with E-state index in [1.807, 2.05) is 0 Å². The van der Waals surface area contributed by atoms with E-state index in [0.29, 0.717) is 12.1 Å². The second-order valence-corrected chi connectivity index (χ2v) is 14.5. The summed E-state index contributed by atoms with van der Waals surface area (Å²) in [6.45, 7) is 13.3. The minimum absolute atomic E-state index is 0.670. The number of amidine groups is 2. The smallest absolute Gasteiger partial charge is 0.247 e. The molecule has 4 heteroatoms. The number of aliphatic imine (C=N–C) groups is 1. The molecule has 2 saturated carbocycles. The van der Waals surface area contributed by atoms with Crippen molar-refractivity contribution >= 4 is 11.7 Å². The average Bonchev–Trinajstić information content (AvgIpc) is 3.52. The summed E-state index contributed by atoms with van der Waals surface area (Å²) >= 11 is 0. The van der Waals surface area contributed by atoms with Gasteiger partial charge in [0.25, 0.3) is 0 Å². The Hall–Kier alpha value is -1.06. The molecule has 2 unspecified atom stereocenters. The fourth-order valence-electron chi connectivity index (χ4n) is 8.61. The maximum Gasteiger partial charge on any atom is 0.247 e. The lowest BCUT2D eigenvalue weighted by Crippen LogP contribution is -2.37. The molecule has 0 amide bonds. The first-order valence-electron chi connectivity index (χ1n) is 18.9. The number of nitrogens with zero attached hydrogens (tertiary/aromatic N) is 4. The zero-order chi connectivity index (χ0) is 28.7. The summed E-state index contributed by atoms with van der Waals surface area (Å²) in [5.74, 6) is 5.19. The third kappa shape index (κ3) is 10.6. The molecule has 0 bridgehead atoms. The molecule has 2 aliphatic heterocycles. The third-order valence-electron chi connectivity index (χ3n) is 11.2. The second kappa shape index (κ2) is 18.6. The van der Waals surface area contributed by atoms with E-state index >= 15 is 0 Å². The van der Waals surface area contributed by atoms with Crippen molar-refractivity contribution in [1.82, 2.24) is 9.80 Å². The minimum Gasteiger partial charge on any atom is -0.356 e. The molecular formula is C37H69N4+. The highest BCUT2D eigenvalue weighted by atomic mass is 15.3. The van der Waals surface area contributed by atoms with Crippen LogP contribution in [0.25, 0.3) is 0 Å². The van der Waals surface area contributed by atoms with Crippen molar-refractivity contribution in [3.05, 3.63) is 0 Å². The molecular weight excluding hydrogens is 500 g/mol. The molecule has 41 heavy (non-hydrogen) atoms. The van der Waals surface area contributed by atoms with Crippen molar-refractivity contribution < 1.29 is 4.58 Å². The van der Waals surface area contributed by atoms with E-state index < -0.39 is 0 Å². The van der Waals surface area contributed by atoms with Crippen LogP contribution in [0.3, 0.4) is 0 Å². The van der Waals surface area contributed by atoms with Gasteiger partial charge in [-0.05, 0) is 70.1 Å². The van der Waals surface area contributed by atoms with Gasteiger partial charge in [-0.3, -0.25) is 14.5 Å². The Morgan fingerprint density at radius 3 is 1.93 bits per heavy atom. The number of rotatable bonds is 19. The van der Waals surface area contributed by atoms with Gasteiger partial charge in [-0.15, -0.1) is 0 Å². The number of unbranched alkanes of at least 4 members (excludes halogenated alkanes) is 3. The fourth-order valence-corrected chi connectivity index (χ4v) is 8.61. The summed E-state index contributed by atoms with van der Waals surface area (Å²) < 4.78 is 2.82. The first kappa shape index (κ1) is 32.8. The standard InChI is InChI=1S/C37H69N4/c1-4-6-28-40-32(3)31-39(37(40)26-17-23-34-20-12-9-13-21-34)27-15-14-24-35-30-38-36(41(35)29-7-5-2)25-16-22-33-18-10-8-11-19-33/h32-35H,4-31H2,1-3H3/q+1. The summed E-state index contributed by atoms with van der Waals surface area (Å²) in [5.41, 5.74) is 0. The maximum atomic E-state index is 5.14. The highest BCUT2D eigenvalue weighted by Gasteiger charge is 2.35. The molecule has 0 spiro atoms. The van der Waals surface area contributed by atoms with Crippen molar-refractivity contribution in [2.45, 2.75) is 181 Å². The highest BCUT2D eigenvalue weighted by molar-refractivity contribution is 5.84. The molecule has 2 atom stereocenters. The van der Waals surface area contributed by atoms with Gasteiger partial charge in [-0.1, -0.05) is 97.3 Å². The van der Waals surface area contributed by atoms with Crippen molar-refractivity contribution in [1.29, 1.82) is 0 Å². The molecule has 2 aliphatic carbocycles. The van der Waals surface area contributed by atoms with Gasteiger partial charge in [0, 0.05) is 25.4 Å². The molecule has 0 aromatic carbocycles. The second-order valence-electron chi connectivity index (χ2n) is 14.5. The summed E-state index contributed by atoms with van der Waals surface area (Å²) in [6, 6.07) is 1.36. The zero-order valence-electron chi connectivity index (χ0n) is 27.9. The lowest BCUT2D eigenvalue weighted by molar-refractivity contribution is -0.522. The van der Waals surface area contributed by atoms with Gasteiger partial charge in [0.05, 0.1) is 25.5 Å². The lowest BCUT2D eigenvalue weighted by atomic mass is 9.86. The first-order valence-corrected chi connectivity index (χ1v) is 18.9. The monoisotopic (exact) mass is 570 g/mol. The minimum atomic E-state index is 0.670. The zero-order valence-corrected chi connectivity index (χ0v) is 27.9. The van der Waals surface area contributed by atoms with Crippen LogP contribution >= 0.6 is 0 Å². The summed E-state index contributed by atoms with van der Waals surface area (Å²) in [6.07, 6.45) is 32.3. The van der Waals surface area contributed by atoms with Gasteiger partial charge in [0.1, 0.15) is 12.6 Å². The van der Waals surface area contributed by atoms with Crippen molar-refractivity contribution in [2.75, 3.05) is 32.7 Å². The molecule has 4 aliphatic rings. The Balaban J connectivity index is 1.23. The van der Waals surface area contributed by atoms with Crippen LogP contribution in [-0.4, -0.2) is 70.9 Å². The molecule has 4 rings (SSSR count). The Morgan fingerprint density at radius 1 is 0.683 bits per heavy atom. The predicted octanol–water partition coefficient (Wildman–Crippen LogP) is 9.46. The van der Waals surface area contributed by atoms with E-state index in [2.05, 4.69) is 35.1 Å². The van der Waals surface area contributed by atoms with Crippen molar-refractivity contribution in [3.8, 4) is 0 Å². The van der Waals surface area contributed by atoms with Gasteiger partial charge in [-0.25, -0.2) is 0 Å². The Morgan fingerprint density at radius 2 is 1.29 bits per heavy atom. The van der Waals surface area contributed by atoms with Crippen LogP contribution < -0.4 is 0 Å². The maximum absolute atomic E-state index is 5.14. The van der Waals surface area contributed by atoms with Crippen LogP contribution in [0.2, 0.25) is 0 Å². The molecule has 236 valence electrons. The average molecular weight is 570 g/mol. The van der Waals surface area contributed by atoms with Crippen LogP contribution in [0.4, 0.5) is 0 Å². The van der Waals surface area contributed by atoms with Gasteiger partial charge >= 0.3 is 0 Å². The molecule has 0 saturated heterocycles. The quantitative estimate of drug-likeness (QED) is 0.114. The fraction of sp³-hybridized carbons (Fsp3) is 0.946. The summed E-state index contributed by atoms with van der Waals surface area (Å²) in [5, 5.41) is 0.